The average Bonchev–Trinajstić information content (AvgIpc) is 2.41. The van der Waals surface area contributed by atoms with Crippen LogP contribution in [0.15, 0.2) is 0 Å². The third kappa shape index (κ3) is 1.23. The van der Waals surface area contributed by atoms with Gasteiger partial charge in [-0.2, -0.15) is 0 Å². The topological polar surface area (TPSA) is 0 Å². The molecule has 0 unspecified atom stereocenters. The minimum absolute atomic E-state index is 1.02. The van der Waals surface area contributed by atoms with Crippen molar-refractivity contribution in [2.75, 3.05) is 0 Å². The van der Waals surface area contributed by atoms with E-state index in [2.05, 4.69) is 45.2 Å². The van der Waals surface area contributed by atoms with E-state index in [0.29, 0.717) is 0 Å². The summed E-state index contributed by atoms with van der Waals surface area (Å²) in [5, 5.41) is 0. The smallest absolute Gasteiger partial charge is 0.0141 e. The van der Waals surface area contributed by atoms with Crippen LogP contribution in [0.3, 0.4) is 0 Å². The van der Waals surface area contributed by atoms with Gasteiger partial charge in [0.1, 0.15) is 0 Å². The monoisotopic (exact) mass is 362 g/mol. The Morgan fingerprint density at radius 1 is 0.700 bits per heavy atom. The van der Waals surface area contributed by atoms with E-state index in [1.54, 1.807) is 0 Å². The number of rotatable bonds is 0. The van der Waals surface area contributed by atoms with Crippen molar-refractivity contribution in [2.24, 2.45) is 11.8 Å². The van der Waals surface area contributed by atoms with Crippen LogP contribution in [0.25, 0.3) is 0 Å². The van der Waals surface area contributed by atoms with E-state index in [4.69, 9.17) is 0 Å². The maximum atomic E-state index is 2.66. The molecule has 0 heterocycles. The number of alkyl halides is 2. The van der Waals surface area contributed by atoms with Crippen molar-refractivity contribution in [1.82, 2.24) is 0 Å². The van der Waals surface area contributed by atoms with Gasteiger partial charge in [-0.15, -0.1) is 0 Å². The first-order valence-electron chi connectivity index (χ1n) is 4.07. The molecule has 58 valence electrons. The van der Waals surface area contributed by atoms with E-state index >= 15 is 0 Å². The van der Waals surface area contributed by atoms with Gasteiger partial charge in [-0.05, 0) is 37.5 Å². The van der Waals surface area contributed by atoms with Gasteiger partial charge in [0.05, 0.1) is 0 Å². The summed E-state index contributed by atoms with van der Waals surface area (Å²) in [6.45, 7) is 0. The Labute approximate surface area is 89.8 Å². The molecule has 2 saturated carbocycles. The Morgan fingerprint density at radius 2 is 1.10 bits per heavy atom. The fraction of sp³-hybridized carbons (Fsp3) is 1.00. The average molecular weight is 362 g/mol. The molecule has 2 fully saturated rings. The largest absolute Gasteiger partial charge is 0.0823 e. The second-order valence-corrected chi connectivity index (χ2v) is 6.71. The van der Waals surface area contributed by atoms with Crippen molar-refractivity contribution in [3.05, 3.63) is 0 Å². The van der Waals surface area contributed by atoms with Crippen molar-refractivity contribution in [3.63, 3.8) is 0 Å². The molecule has 2 heteroatoms. The van der Waals surface area contributed by atoms with Crippen LogP contribution in [0.4, 0.5) is 0 Å². The summed E-state index contributed by atoms with van der Waals surface area (Å²) in [5.74, 6) is 2.20. The van der Waals surface area contributed by atoms with E-state index in [-0.39, 0.29) is 0 Å². The van der Waals surface area contributed by atoms with Crippen LogP contribution in [0.2, 0.25) is 0 Å². The molecule has 0 aromatic heterocycles. The summed E-state index contributed by atoms with van der Waals surface area (Å²) in [6, 6.07) is 0. The predicted octanol–water partition coefficient (Wildman–Crippen LogP) is 3.41. The molecular formula is C8H12I2. The van der Waals surface area contributed by atoms with E-state index in [9.17, 15) is 0 Å². The molecule has 2 rings (SSSR count). The molecule has 0 saturated heterocycles. The van der Waals surface area contributed by atoms with Crippen LogP contribution in [0.5, 0.6) is 0 Å². The lowest BCUT2D eigenvalue weighted by Gasteiger charge is -2.13. The van der Waals surface area contributed by atoms with Crippen LogP contribution in [0.1, 0.15) is 25.7 Å². The summed E-state index contributed by atoms with van der Waals surface area (Å²) in [4.78, 5) is 0. The zero-order chi connectivity index (χ0) is 7.14. The van der Waals surface area contributed by atoms with E-state index in [1.165, 1.54) is 25.7 Å². The van der Waals surface area contributed by atoms with E-state index in [0.717, 1.165) is 19.7 Å². The van der Waals surface area contributed by atoms with Gasteiger partial charge >= 0.3 is 0 Å². The molecule has 0 bridgehead atoms. The lowest BCUT2D eigenvalue weighted by atomic mass is 10.0. The predicted molar refractivity (Wildman–Crippen MR) is 61.1 cm³/mol. The van der Waals surface area contributed by atoms with E-state index in [1.807, 2.05) is 0 Å². The second kappa shape index (κ2) is 3.07. The molecule has 0 nitrogen and oxygen atoms in total. The maximum absolute atomic E-state index is 2.66. The first kappa shape index (κ1) is 8.08. The Kier molecular flexibility index (Phi) is 2.48. The van der Waals surface area contributed by atoms with Crippen molar-refractivity contribution < 1.29 is 0 Å². The summed E-state index contributed by atoms with van der Waals surface area (Å²) < 4.78 is 2.03. The second-order valence-electron chi connectivity index (χ2n) is 3.51. The first-order valence-corrected chi connectivity index (χ1v) is 6.56. The van der Waals surface area contributed by atoms with Gasteiger partial charge in [0, 0.05) is 7.85 Å². The summed E-state index contributed by atoms with van der Waals surface area (Å²) in [7, 11) is 0. The van der Waals surface area contributed by atoms with Crippen molar-refractivity contribution >= 4 is 45.2 Å². The number of halogens is 2. The molecule has 0 aliphatic heterocycles. The molecule has 0 N–H and O–H groups in total. The third-order valence-electron chi connectivity index (χ3n) is 3.03. The van der Waals surface area contributed by atoms with Crippen molar-refractivity contribution in [2.45, 2.75) is 33.5 Å². The molecular weight excluding hydrogens is 350 g/mol. The Hall–Kier alpha value is 1.46. The van der Waals surface area contributed by atoms with E-state index < -0.39 is 0 Å². The zero-order valence-electron chi connectivity index (χ0n) is 5.89. The summed E-state index contributed by atoms with van der Waals surface area (Å²) in [6.07, 6.45) is 6.03. The first-order chi connectivity index (χ1) is 4.79. The third-order valence-corrected chi connectivity index (χ3v) is 6.12. The number of hydrogen-bond donors (Lipinski definition) is 0. The molecule has 0 amide bonds. The highest BCUT2D eigenvalue weighted by atomic mass is 127. The molecule has 0 radical (unpaired) electrons. The molecule has 0 spiro atoms. The zero-order valence-corrected chi connectivity index (χ0v) is 10.2. The minimum atomic E-state index is 1.02. The maximum Gasteiger partial charge on any atom is 0.0141 e. The molecule has 4 atom stereocenters. The normalized spacial score (nSPS) is 53.4. The van der Waals surface area contributed by atoms with Gasteiger partial charge in [-0.1, -0.05) is 45.2 Å². The molecule has 0 aromatic rings. The van der Waals surface area contributed by atoms with Gasteiger partial charge in [0.25, 0.3) is 0 Å². The highest BCUT2D eigenvalue weighted by Gasteiger charge is 2.42. The van der Waals surface area contributed by atoms with Crippen LogP contribution in [-0.4, -0.2) is 7.85 Å². The van der Waals surface area contributed by atoms with Gasteiger partial charge < -0.3 is 0 Å². The van der Waals surface area contributed by atoms with Gasteiger partial charge in [0.15, 0.2) is 0 Å². The molecule has 2 aliphatic rings. The van der Waals surface area contributed by atoms with Crippen LogP contribution < -0.4 is 0 Å². The van der Waals surface area contributed by atoms with Gasteiger partial charge in [-0.3, -0.25) is 0 Å². The Morgan fingerprint density at radius 3 is 1.50 bits per heavy atom. The standard InChI is InChI=1S/C8H12I2/c9-7-3-1-5-6(7)2-4-8(5)10/h5-8H,1-4H2/t5-,6-,7+,8+/m1/s1. The Balaban J connectivity index is 2.09. The number of hydrogen-bond acceptors (Lipinski definition) is 0. The summed E-state index contributed by atoms with van der Waals surface area (Å²) >= 11 is 5.31. The lowest BCUT2D eigenvalue weighted by molar-refractivity contribution is 0.480. The molecule has 0 aromatic carbocycles. The van der Waals surface area contributed by atoms with Crippen molar-refractivity contribution in [1.29, 1.82) is 0 Å². The van der Waals surface area contributed by atoms with Crippen LogP contribution in [-0.2, 0) is 0 Å². The number of fused-ring (bicyclic) bond motifs is 1. The van der Waals surface area contributed by atoms with Crippen molar-refractivity contribution in [3.8, 4) is 0 Å². The fourth-order valence-electron chi connectivity index (χ4n) is 2.46. The van der Waals surface area contributed by atoms with Crippen LogP contribution in [0, 0.1) is 11.8 Å². The minimum Gasteiger partial charge on any atom is -0.0823 e. The van der Waals surface area contributed by atoms with Gasteiger partial charge in [-0.25, -0.2) is 0 Å². The highest BCUT2D eigenvalue weighted by molar-refractivity contribution is 14.1. The van der Waals surface area contributed by atoms with Gasteiger partial charge in [0.2, 0.25) is 0 Å². The SMILES string of the molecule is I[C@H]1CC[C@@H]2[C@H]1CC[C@@H]2I. The van der Waals surface area contributed by atoms with Crippen LogP contribution >= 0.6 is 45.2 Å². The fourth-order valence-corrected chi connectivity index (χ4v) is 4.96. The molecule has 10 heavy (non-hydrogen) atoms. The molecule has 2 aliphatic carbocycles. The Bertz CT molecular complexity index is 119. The highest BCUT2D eigenvalue weighted by Crippen LogP contribution is 2.49. The summed E-state index contributed by atoms with van der Waals surface area (Å²) in [5.41, 5.74) is 0. The quantitative estimate of drug-likeness (QED) is 0.458. The lowest BCUT2D eigenvalue weighted by Crippen LogP contribution is -2.11.